The van der Waals surface area contributed by atoms with Gasteiger partial charge in [-0.1, -0.05) is 74.5 Å². The minimum Gasteiger partial charge on any atom is -0.483 e. The van der Waals surface area contributed by atoms with E-state index in [1.54, 1.807) is 0 Å². The summed E-state index contributed by atoms with van der Waals surface area (Å²) in [7, 11) is 0. The van der Waals surface area contributed by atoms with Gasteiger partial charge in [0.2, 0.25) is 5.91 Å². The van der Waals surface area contributed by atoms with E-state index >= 15 is 0 Å². The molecule has 0 aromatic heterocycles. The highest BCUT2D eigenvalue weighted by Crippen LogP contribution is 2.28. The van der Waals surface area contributed by atoms with Crippen LogP contribution in [-0.2, 0) is 16.1 Å². The average Bonchev–Trinajstić information content (AvgIpc) is 2.81. The quantitative estimate of drug-likeness (QED) is 0.444. The summed E-state index contributed by atoms with van der Waals surface area (Å²) in [6, 6.07) is 25.1. The fourth-order valence-corrected chi connectivity index (χ4v) is 3.79. The van der Waals surface area contributed by atoms with Crippen LogP contribution in [-0.4, -0.2) is 23.3 Å². The lowest BCUT2D eigenvalue weighted by molar-refractivity contribution is -0.136. The lowest BCUT2D eigenvalue weighted by Crippen LogP contribution is -2.36. The van der Waals surface area contributed by atoms with Gasteiger partial charge in [0.05, 0.1) is 6.04 Å². The van der Waals surface area contributed by atoms with Gasteiger partial charge in [-0.15, -0.1) is 0 Å². The molecule has 0 aliphatic carbocycles. The molecule has 0 aliphatic rings. The van der Waals surface area contributed by atoms with Gasteiger partial charge < -0.3 is 15.0 Å². The highest BCUT2D eigenvalue weighted by Gasteiger charge is 2.23. The molecule has 0 unspecified atom stereocenters. The summed E-state index contributed by atoms with van der Waals surface area (Å²) in [6.45, 7) is 8.10. The maximum atomic E-state index is 13.4. The number of hydrogen-bond acceptors (Lipinski definition) is 3. The first kappa shape index (κ1) is 24.1. The van der Waals surface area contributed by atoms with Crippen LogP contribution in [0.5, 0.6) is 5.75 Å². The third-order valence-electron chi connectivity index (χ3n) is 5.57. The van der Waals surface area contributed by atoms with Crippen molar-refractivity contribution in [3.63, 3.8) is 0 Å². The first-order chi connectivity index (χ1) is 15.8. The topological polar surface area (TPSA) is 58.6 Å². The number of anilines is 1. The van der Waals surface area contributed by atoms with Crippen LogP contribution in [0, 0.1) is 0 Å². The van der Waals surface area contributed by atoms with Crippen molar-refractivity contribution >= 4 is 17.5 Å². The Kier molecular flexibility index (Phi) is 8.25. The molecule has 0 bridgehead atoms. The van der Waals surface area contributed by atoms with Gasteiger partial charge in [-0.3, -0.25) is 9.59 Å². The van der Waals surface area contributed by atoms with Gasteiger partial charge in [-0.05, 0) is 47.7 Å². The Morgan fingerprint density at radius 1 is 0.909 bits per heavy atom. The Morgan fingerprint density at radius 3 is 2.30 bits per heavy atom. The lowest BCUT2D eigenvalue weighted by Gasteiger charge is -2.30. The van der Waals surface area contributed by atoms with Crippen LogP contribution < -0.4 is 10.1 Å². The molecule has 0 saturated carbocycles. The number of nitrogens with one attached hydrogen (secondary N) is 1. The molecule has 5 heteroatoms. The van der Waals surface area contributed by atoms with E-state index in [2.05, 4.69) is 19.2 Å². The number of hydrogen-bond donors (Lipinski definition) is 1. The van der Waals surface area contributed by atoms with Crippen molar-refractivity contribution in [3.05, 3.63) is 95.6 Å². The highest BCUT2D eigenvalue weighted by molar-refractivity contribution is 5.88. The van der Waals surface area contributed by atoms with Crippen molar-refractivity contribution in [1.29, 1.82) is 0 Å². The zero-order valence-electron chi connectivity index (χ0n) is 19.7. The molecule has 0 heterocycles. The van der Waals surface area contributed by atoms with Crippen LogP contribution in [0.25, 0.3) is 0 Å². The molecule has 1 N–H and O–H groups in total. The lowest BCUT2D eigenvalue weighted by atomic mass is 10.0. The monoisotopic (exact) mass is 444 g/mol. The number of rotatable bonds is 9. The first-order valence-corrected chi connectivity index (χ1v) is 11.3. The molecule has 172 valence electrons. The van der Waals surface area contributed by atoms with Crippen LogP contribution >= 0.6 is 0 Å². The van der Waals surface area contributed by atoms with E-state index in [4.69, 9.17) is 4.74 Å². The molecule has 2 amide bonds. The van der Waals surface area contributed by atoms with Gasteiger partial charge in [0.15, 0.2) is 6.61 Å². The molecule has 1 atom stereocenters. The molecule has 0 fully saturated rings. The minimum absolute atomic E-state index is 0.0493. The molecular weight excluding hydrogens is 412 g/mol. The predicted octanol–water partition coefficient (Wildman–Crippen LogP) is 5.94. The number of amides is 2. The molecule has 3 aromatic rings. The van der Waals surface area contributed by atoms with Gasteiger partial charge >= 0.3 is 0 Å². The van der Waals surface area contributed by atoms with Crippen LogP contribution in [0.4, 0.5) is 5.69 Å². The summed E-state index contributed by atoms with van der Waals surface area (Å²) in [5.74, 6) is 0.803. The molecule has 0 aliphatic heterocycles. The molecule has 3 aromatic carbocycles. The largest absolute Gasteiger partial charge is 0.483 e. The van der Waals surface area contributed by atoms with Crippen molar-refractivity contribution in [1.82, 2.24) is 4.90 Å². The molecule has 33 heavy (non-hydrogen) atoms. The zero-order chi connectivity index (χ0) is 23.8. The number of ether oxygens (including phenoxy) is 1. The van der Waals surface area contributed by atoms with E-state index in [9.17, 15) is 9.59 Å². The third-order valence-corrected chi connectivity index (χ3v) is 5.57. The number of nitrogens with zero attached hydrogens (tertiary/aromatic N) is 1. The maximum Gasteiger partial charge on any atom is 0.261 e. The zero-order valence-corrected chi connectivity index (χ0v) is 19.7. The van der Waals surface area contributed by atoms with Crippen molar-refractivity contribution < 1.29 is 14.3 Å². The van der Waals surface area contributed by atoms with Crippen LogP contribution in [0.2, 0.25) is 0 Å². The van der Waals surface area contributed by atoms with E-state index in [0.717, 1.165) is 22.4 Å². The summed E-state index contributed by atoms with van der Waals surface area (Å²) < 4.78 is 5.99. The SMILES string of the molecule is CC(=O)Nc1cccc([C@@H](C)N(Cc2ccccc2)C(=O)COc2ccccc2C(C)C)c1. The Bertz CT molecular complexity index is 1080. The van der Waals surface area contributed by atoms with Gasteiger partial charge in [-0.2, -0.15) is 0 Å². The van der Waals surface area contributed by atoms with Gasteiger partial charge in [0.1, 0.15) is 5.75 Å². The minimum atomic E-state index is -0.213. The fourth-order valence-electron chi connectivity index (χ4n) is 3.79. The van der Waals surface area contributed by atoms with E-state index in [0.29, 0.717) is 18.2 Å². The maximum absolute atomic E-state index is 13.4. The normalized spacial score (nSPS) is 11.7. The summed E-state index contributed by atoms with van der Waals surface area (Å²) in [4.78, 5) is 26.7. The summed E-state index contributed by atoms with van der Waals surface area (Å²) in [6.07, 6.45) is 0. The average molecular weight is 445 g/mol. The molecule has 0 spiro atoms. The standard InChI is InChI=1S/C28H32N2O3/c1-20(2)26-15-8-9-16-27(26)33-19-28(32)30(18-23-11-6-5-7-12-23)21(3)24-13-10-14-25(17-24)29-22(4)31/h5-17,20-21H,18-19H2,1-4H3,(H,29,31)/t21-/m1/s1. The summed E-state index contributed by atoms with van der Waals surface area (Å²) in [5, 5.41) is 2.81. The molecule has 0 saturated heterocycles. The fraction of sp³-hybridized carbons (Fsp3) is 0.286. The molecule has 5 nitrogen and oxygen atoms in total. The van der Waals surface area contributed by atoms with E-state index in [1.807, 2.05) is 90.7 Å². The van der Waals surface area contributed by atoms with Gasteiger partial charge in [0, 0.05) is 19.2 Å². The molecule has 3 rings (SSSR count). The second-order valence-electron chi connectivity index (χ2n) is 8.47. The number of carbonyl (C=O) groups excluding carboxylic acids is 2. The van der Waals surface area contributed by atoms with Crippen LogP contribution in [0.15, 0.2) is 78.9 Å². The third kappa shape index (κ3) is 6.69. The van der Waals surface area contributed by atoms with Crippen LogP contribution in [0.1, 0.15) is 56.3 Å². The smallest absolute Gasteiger partial charge is 0.261 e. The Labute approximate surface area is 196 Å². The number of para-hydroxylation sites is 1. The van der Waals surface area contributed by atoms with Crippen molar-refractivity contribution in [3.8, 4) is 5.75 Å². The summed E-state index contributed by atoms with van der Waals surface area (Å²) >= 11 is 0. The van der Waals surface area contributed by atoms with Crippen molar-refractivity contribution in [2.75, 3.05) is 11.9 Å². The molecular formula is C28H32N2O3. The highest BCUT2D eigenvalue weighted by atomic mass is 16.5. The Hall–Kier alpha value is -3.60. The van der Waals surface area contributed by atoms with Gasteiger partial charge in [-0.25, -0.2) is 0 Å². The first-order valence-electron chi connectivity index (χ1n) is 11.3. The number of benzene rings is 3. The van der Waals surface area contributed by atoms with Gasteiger partial charge in [0.25, 0.3) is 5.91 Å². The second kappa shape index (κ2) is 11.3. The Morgan fingerprint density at radius 2 is 1.61 bits per heavy atom. The number of carbonyl (C=O) groups is 2. The Balaban J connectivity index is 1.83. The van der Waals surface area contributed by atoms with E-state index in [-0.39, 0.29) is 24.5 Å². The van der Waals surface area contributed by atoms with Crippen molar-refractivity contribution in [2.45, 2.75) is 46.2 Å². The predicted molar refractivity (Wildman–Crippen MR) is 132 cm³/mol. The van der Waals surface area contributed by atoms with E-state index < -0.39 is 0 Å². The second-order valence-corrected chi connectivity index (χ2v) is 8.47. The van der Waals surface area contributed by atoms with Crippen molar-refractivity contribution in [2.24, 2.45) is 0 Å². The van der Waals surface area contributed by atoms with E-state index in [1.165, 1.54) is 6.92 Å². The summed E-state index contributed by atoms with van der Waals surface area (Å²) in [5.41, 5.74) is 3.77. The van der Waals surface area contributed by atoms with Crippen LogP contribution in [0.3, 0.4) is 0 Å². The molecule has 0 radical (unpaired) electrons.